The van der Waals surface area contributed by atoms with E-state index in [1.807, 2.05) is 4.90 Å². The van der Waals surface area contributed by atoms with Crippen LogP contribution in [0.4, 0.5) is 10.2 Å². The largest absolute Gasteiger partial charge is 0.389 e. The van der Waals surface area contributed by atoms with Gasteiger partial charge in [0.25, 0.3) is 11.5 Å². The highest BCUT2D eigenvalue weighted by Crippen LogP contribution is 2.34. The Morgan fingerprint density at radius 3 is 3.03 bits per heavy atom. The first kappa shape index (κ1) is 17.8. The number of amides is 1. The molecular weight excluding hydrogens is 379 g/mol. The fourth-order valence-electron chi connectivity index (χ4n) is 4.14. The summed E-state index contributed by atoms with van der Waals surface area (Å²) in [4.78, 5) is 32.2. The smallest absolute Gasteiger partial charge is 0.256 e. The molecule has 0 aromatic carbocycles. The molecular formula is C19H19FN6O3. The van der Waals surface area contributed by atoms with Gasteiger partial charge in [-0.3, -0.25) is 9.59 Å². The molecule has 10 heteroatoms. The van der Waals surface area contributed by atoms with E-state index < -0.39 is 17.8 Å². The van der Waals surface area contributed by atoms with E-state index in [-0.39, 0.29) is 24.7 Å². The molecule has 29 heavy (non-hydrogen) atoms. The molecule has 3 aromatic rings. The van der Waals surface area contributed by atoms with Crippen molar-refractivity contribution in [2.24, 2.45) is 0 Å². The van der Waals surface area contributed by atoms with Gasteiger partial charge in [-0.15, -0.1) is 0 Å². The maximum absolute atomic E-state index is 14.3. The summed E-state index contributed by atoms with van der Waals surface area (Å²) in [6, 6.07) is 2.71. The number of β-amino-alcohol motifs (C(OH)–C–C–N with tert-alkyl or cyclic N) is 1. The van der Waals surface area contributed by atoms with Crippen molar-refractivity contribution in [3.05, 3.63) is 58.0 Å². The van der Waals surface area contributed by atoms with E-state index in [1.165, 1.54) is 21.3 Å². The summed E-state index contributed by atoms with van der Waals surface area (Å²) in [7, 11) is 0. The molecule has 1 fully saturated rings. The van der Waals surface area contributed by atoms with E-state index in [0.717, 1.165) is 12.6 Å². The van der Waals surface area contributed by atoms with Crippen LogP contribution in [0.25, 0.3) is 5.65 Å². The van der Waals surface area contributed by atoms with Crippen molar-refractivity contribution in [3.8, 4) is 0 Å². The number of carbonyl (C=O) groups excluding carboxylic acids is 1. The van der Waals surface area contributed by atoms with Crippen LogP contribution < -0.4 is 15.8 Å². The first-order valence-electron chi connectivity index (χ1n) is 9.48. The molecule has 1 saturated heterocycles. The van der Waals surface area contributed by atoms with E-state index >= 15 is 0 Å². The normalized spacial score (nSPS) is 21.9. The Bertz CT molecular complexity index is 1170. The van der Waals surface area contributed by atoms with Gasteiger partial charge in [0.05, 0.1) is 24.9 Å². The second-order valence-electron chi connectivity index (χ2n) is 7.40. The molecule has 0 saturated carbocycles. The molecule has 5 heterocycles. The van der Waals surface area contributed by atoms with Gasteiger partial charge < -0.3 is 19.9 Å². The Morgan fingerprint density at radius 1 is 1.31 bits per heavy atom. The minimum absolute atomic E-state index is 0.0935. The number of aliphatic hydroxyl groups excluding tert-OH is 1. The van der Waals surface area contributed by atoms with Crippen molar-refractivity contribution in [1.82, 2.24) is 24.5 Å². The fraction of sp³-hybridized carbons (Fsp3) is 0.368. The zero-order valence-corrected chi connectivity index (χ0v) is 15.5. The topological polar surface area (TPSA) is 105 Å². The van der Waals surface area contributed by atoms with Crippen LogP contribution in [0.3, 0.4) is 0 Å². The van der Waals surface area contributed by atoms with Crippen molar-refractivity contribution in [3.63, 3.8) is 0 Å². The molecule has 0 spiro atoms. The van der Waals surface area contributed by atoms with Crippen molar-refractivity contribution >= 4 is 17.4 Å². The number of nitrogens with zero attached hydrogens (tertiary/aromatic N) is 5. The average molecular weight is 398 g/mol. The highest BCUT2D eigenvalue weighted by Gasteiger charge is 2.31. The van der Waals surface area contributed by atoms with Crippen LogP contribution in [-0.2, 0) is 6.54 Å². The second-order valence-corrected chi connectivity index (χ2v) is 7.40. The Labute approximate surface area is 164 Å². The summed E-state index contributed by atoms with van der Waals surface area (Å²) in [5, 5.41) is 17.1. The van der Waals surface area contributed by atoms with Crippen molar-refractivity contribution in [2.45, 2.75) is 31.5 Å². The number of halogens is 1. The summed E-state index contributed by atoms with van der Waals surface area (Å²) in [6.07, 6.45) is 4.67. The van der Waals surface area contributed by atoms with E-state index in [9.17, 15) is 19.1 Å². The predicted octanol–water partition coefficient (Wildman–Crippen LogP) is 0.476. The molecule has 2 aliphatic rings. The Morgan fingerprint density at radius 2 is 2.17 bits per heavy atom. The van der Waals surface area contributed by atoms with Gasteiger partial charge in [-0.2, -0.15) is 5.10 Å². The SMILES string of the molecule is O=C1NC[C@@H](O)Cn2cc(F)cc(c2=O)[C@H]2CCCN2c2ccn3ncc1c3n2. The summed E-state index contributed by atoms with van der Waals surface area (Å²) >= 11 is 0. The van der Waals surface area contributed by atoms with Gasteiger partial charge in [0.15, 0.2) is 5.65 Å². The number of aromatic nitrogens is 4. The molecule has 0 radical (unpaired) electrons. The number of hydrogen-bond acceptors (Lipinski definition) is 6. The Hall–Kier alpha value is -3.27. The number of hydrogen-bond donors (Lipinski definition) is 2. The molecule has 2 aliphatic heterocycles. The van der Waals surface area contributed by atoms with Crippen molar-refractivity contribution < 1.29 is 14.3 Å². The summed E-state index contributed by atoms with van der Waals surface area (Å²) in [5.74, 6) is -0.371. The maximum atomic E-state index is 14.3. The average Bonchev–Trinajstić information content (AvgIpc) is 3.34. The number of nitrogens with one attached hydrogen (secondary N) is 1. The number of anilines is 1. The van der Waals surface area contributed by atoms with E-state index in [1.54, 1.807) is 12.3 Å². The summed E-state index contributed by atoms with van der Waals surface area (Å²) < 4.78 is 17.0. The molecule has 2 N–H and O–H groups in total. The standard InChI is InChI=1S/C19H19FN6O3/c20-11-6-13-15-2-1-4-25(15)16-3-5-26-17(23-16)14(8-22-26)18(28)21-7-12(27)10-24(9-11)19(13)29/h3,5-6,8-9,12,15,27H,1-2,4,7,10H2,(H,21,28)/t12-,15-/m1/s1. The van der Waals surface area contributed by atoms with Crippen molar-refractivity contribution in [1.29, 1.82) is 0 Å². The van der Waals surface area contributed by atoms with Gasteiger partial charge in [0, 0.05) is 31.0 Å². The van der Waals surface area contributed by atoms with Gasteiger partial charge in [0.2, 0.25) is 0 Å². The van der Waals surface area contributed by atoms with Crippen LogP contribution in [0.5, 0.6) is 0 Å². The van der Waals surface area contributed by atoms with Crippen LogP contribution >= 0.6 is 0 Å². The molecule has 2 atom stereocenters. The minimum Gasteiger partial charge on any atom is -0.389 e. The molecule has 9 nitrogen and oxygen atoms in total. The first-order chi connectivity index (χ1) is 14.0. The number of fused-ring (bicyclic) bond motifs is 6. The van der Waals surface area contributed by atoms with Crippen LogP contribution in [0.1, 0.15) is 34.8 Å². The van der Waals surface area contributed by atoms with Gasteiger partial charge >= 0.3 is 0 Å². The van der Waals surface area contributed by atoms with E-state index in [4.69, 9.17) is 0 Å². The van der Waals surface area contributed by atoms with Crippen LogP contribution in [-0.4, -0.2) is 49.4 Å². The lowest BCUT2D eigenvalue weighted by molar-refractivity contribution is 0.0904. The molecule has 4 bridgehead atoms. The molecule has 0 unspecified atom stereocenters. The molecule has 150 valence electrons. The minimum atomic E-state index is -1.06. The number of rotatable bonds is 0. The van der Waals surface area contributed by atoms with Gasteiger partial charge in [-0.05, 0) is 25.0 Å². The highest BCUT2D eigenvalue weighted by molar-refractivity contribution is 5.99. The molecule has 5 rings (SSSR count). The number of aliphatic hydroxyl groups is 1. The fourth-order valence-corrected chi connectivity index (χ4v) is 4.14. The zero-order valence-electron chi connectivity index (χ0n) is 15.5. The third-order valence-corrected chi connectivity index (χ3v) is 5.49. The number of carbonyl (C=O) groups is 1. The van der Waals surface area contributed by atoms with Crippen molar-refractivity contribution in [2.75, 3.05) is 18.0 Å². The summed E-state index contributed by atoms with van der Waals surface area (Å²) in [5.41, 5.74) is 0.672. The molecule has 3 aromatic heterocycles. The third kappa shape index (κ3) is 2.96. The highest BCUT2D eigenvalue weighted by atomic mass is 19.1. The third-order valence-electron chi connectivity index (χ3n) is 5.49. The van der Waals surface area contributed by atoms with Gasteiger partial charge in [-0.1, -0.05) is 0 Å². The number of pyridine rings is 1. The molecule has 0 aliphatic carbocycles. The van der Waals surface area contributed by atoms with Crippen LogP contribution in [0.2, 0.25) is 0 Å². The van der Waals surface area contributed by atoms with Gasteiger partial charge in [0.1, 0.15) is 17.2 Å². The van der Waals surface area contributed by atoms with Gasteiger partial charge in [-0.25, -0.2) is 13.9 Å². The predicted molar refractivity (Wildman–Crippen MR) is 101 cm³/mol. The van der Waals surface area contributed by atoms with E-state index in [2.05, 4.69) is 15.4 Å². The lowest BCUT2D eigenvalue weighted by Crippen LogP contribution is -2.38. The Kier molecular flexibility index (Phi) is 4.09. The summed E-state index contributed by atoms with van der Waals surface area (Å²) in [6.45, 7) is 0.440. The van der Waals surface area contributed by atoms with Crippen LogP contribution in [0.15, 0.2) is 35.5 Å². The quantitative estimate of drug-likeness (QED) is 0.571. The zero-order chi connectivity index (χ0) is 20.1. The lowest BCUT2D eigenvalue weighted by atomic mass is 10.1. The lowest BCUT2D eigenvalue weighted by Gasteiger charge is -2.26. The van der Waals surface area contributed by atoms with E-state index in [0.29, 0.717) is 35.6 Å². The molecule has 1 amide bonds. The first-order valence-corrected chi connectivity index (χ1v) is 9.48. The second kappa shape index (κ2) is 6.66. The monoisotopic (exact) mass is 398 g/mol. The Balaban J connectivity index is 1.71. The van der Waals surface area contributed by atoms with Crippen LogP contribution in [0, 0.1) is 5.82 Å². The maximum Gasteiger partial charge on any atom is 0.256 e.